The van der Waals surface area contributed by atoms with Gasteiger partial charge < -0.3 is 10.2 Å². The molecule has 5 heteroatoms. The number of fused-ring (bicyclic) bond motifs is 1. The summed E-state index contributed by atoms with van der Waals surface area (Å²) in [5, 5.41) is 3.15. The third-order valence-electron chi connectivity index (χ3n) is 4.08. The molecule has 1 aromatic carbocycles. The van der Waals surface area contributed by atoms with Crippen molar-refractivity contribution in [3.05, 3.63) is 47.8 Å². The summed E-state index contributed by atoms with van der Waals surface area (Å²) in [4.78, 5) is 22.8. The van der Waals surface area contributed by atoms with E-state index >= 15 is 0 Å². The monoisotopic (exact) mass is 310 g/mol. The van der Waals surface area contributed by atoms with Crippen LogP contribution in [0.1, 0.15) is 38.1 Å². The average Bonchev–Trinajstić information content (AvgIpc) is 2.92. The van der Waals surface area contributed by atoms with Gasteiger partial charge in [0.25, 0.3) is 0 Å². The number of carbonyl (C=O) groups excluding carboxylic acids is 1. The fraction of sp³-hybridized carbons (Fsp3) is 0.389. The Morgan fingerprint density at radius 2 is 2.00 bits per heavy atom. The molecular formula is C18H22N4O. The SMILES string of the molecule is CC(C)Cc1cnc2c(n1)N(C(C)c1ccccc1)[C@@H](C=O)N2. The van der Waals surface area contributed by atoms with Crippen molar-refractivity contribution < 1.29 is 4.79 Å². The highest BCUT2D eigenvalue weighted by Gasteiger charge is 2.35. The smallest absolute Gasteiger partial charge is 0.174 e. The van der Waals surface area contributed by atoms with Crippen LogP contribution in [0.3, 0.4) is 0 Å². The molecule has 1 aliphatic heterocycles. The Labute approximate surface area is 136 Å². The molecule has 0 saturated heterocycles. The van der Waals surface area contributed by atoms with Crippen LogP contribution in [0.5, 0.6) is 0 Å². The van der Waals surface area contributed by atoms with Crippen LogP contribution in [0.4, 0.5) is 11.6 Å². The van der Waals surface area contributed by atoms with Crippen LogP contribution >= 0.6 is 0 Å². The van der Waals surface area contributed by atoms with Crippen LogP contribution in [0.2, 0.25) is 0 Å². The Morgan fingerprint density at radius 1 is 1.26 bits per heavy atom. The maximum atomic E-state index is 11.5. The van der Waals surface area contributed by atoms with Crippen molar-refractivity contribution >= 4 is 17.9 Å². The quantitative estimate of drug-likeness (QED) is 0.860. The molecule has 0 aliphatic carbocycles. The van der Waals surface area contributed by atoms with Gasteiger partial charge in [0.2, 0.25) is 0 Å². The Bertz CT molecular complexity index is 687. The van der Waals surface area contributed by atoms with Gasteiger partial charge in [0.05, 0.1) is 17.9 Å². The van der Waals surface area contributed by atoms with E-state index in [1.807, 2.05) is 23.1 Å². The number of nitrogens with one attached hydrogen (secondary N) is 1. The summed E-state index contributed by atoms with van der Waals surface area (Å²) >= 11 is 0. The largest absolute Gasteiger partial charge is 0.341 e. The minimum Gasteiger partial charge on any atom is -0.341 e. The zero-order valence-electron chi connectivity index (χ0n) is 13.7. The van der Waals surface area contributed by atoms with Crippen LogP contribution in [0, 0.1) is 5.92 Å². The van der Waals surface area contributed by atoms with Crippen molar-refractivity contribution in [1.82, 2.24) is 9.97 Å². The van der Waals surface area contributed by atoms with Crippen LogP contribution in [-0.2, 0) is 11.2 Å². The summed E-state index contributed by atoms with van der Waals surface area (Å²) in [7, 11) is 0. The van der Waals surface area contributed by atoms with E-state index in [1.54, 1.807) is 6.20 Å². The van der Waals surface area contributed by atoms with Gasteiger partial charge in [-0.1, -0.05) is 44.2 Å². The van der Waals surface area contributed by atoms with Gasteiger partial charge in [-0.15, -0.1) is 0 Å². The molecule has 3 rings (SSSR count). The second-order valence-corrected chi connectivity index (χ2v) is 6.35. The normalized spacial score (nSPS) is 17.7. The Balaban J connectivity index is 1.98. The molecule has 0 radical (unpaired) electrons. The van der Waals surface area contributed by atoms with Crippen molar-refractivity contribution in [1.29, 1.82) is 0 Å². The lowest BCUT2D eigenvalue weighted by molar-refractivity contribution is -0.108. The van der Waals surface area contributed by atoms with Gasteiger partial charge in [0.1, 0.15) is 0 Å². The highest BCUT2D eigenvalue weighted by Crippen LogP contribution is 2.37. The Hall–Kier alpha value is -2.43. The first kappa shape index (κ1) is 15.5. The standard InChI is InChI=1S/C18H22N4O/c1-12(2)9-15-10-19-17-18(20-15)22(16(11-23)21-17)13(3)14-7-5-4-6-8-14/h4-8,10-13,16H,9H2,1-3H3,(H,19,21)/t13?,16-/m0/s1. The molecular weight excluding hydrogens is 288 g/mol. The van der Waals surface area contributed by atoms with E-state index in [-0.39, 0.29) is 6.04 Å². The number of anilines is 2. The minimum atomic E-state index is -0.436. The topological polar surface area (TPSA) is 58.1 Å². The van der Waals surface area contributed by atoms with E-state index in [1.165, 1.54) is 0 Å². The number of aromatic nitrogens is 2. The lowest BCUT2D eigenvalue weighted by atomic mass is 10.1. The molecule has 1 aromatic heterocycles. The summed E-state index contributed by atoms with van der Waals surface area (Å²) < 4.78 is 0. The Kier molecular flexibility index (Phi) is 4.28. The van der Waals surface area contributed by atoms with Crippen LogP contribution in [0.25, 0.3) is 0 Å². The highest BCUT2D eigenvalue weighted by molar-refractivity contribution is 5.80. The van der Waals surface area contributed by atoms with Crippen LogP contribution in [0.15, 0.2) is 36.5 Å². The van der Waals surface area contributed by atoms with Crippen LogP contribution < -0.4 is 10.2 Å². The van der Waals surface area contributed by atoms with Gasteiger partial charge in [0, 0.05) is 0 Å². The van der Waals surface area contributed by atoms with Gasteiger partial charge in [-0.3, -0.25) is 4.79 Å². The summed E-state index contributed by atoms with van der Waals surface area (Å²) in [6, 6.07) is 10.2. The molecule has 2 aromatic rings. The lowest BCUT2D eigenvalue weighted by Crippen LogP contribution is -2.39. The molecule has 0 amide bonds. The zero-order chi connectivity index (χ0) is 16.4. The van der Waals surface area contributed by atoms with E-state index in [9.17, 15) is 4.79 Å². The predicted molar refractivity (Wildman–Crippen MR) is 91.4 cm³/mol. The maximum absolute atomic E-state index is 11.5. The van der Waals surface area contributed by atoms with Crippen molar-refractivity contribution in [3.8, 4) is 0 Å². The first-order chi connectivity index (χ1) is 11.1. The van der Waals surface area contributed by atoms with Gasteiger partial charge >= 0.3 is 0 Å². The first-order valence-corrected chi connectivity index (χ1v) is 8.01. The summed E-state index contributed by atoms with van der Waals surface area (Å²) in [6.45, 7) is 6.40. The molecule has 120 valence electrons. The van der Waals surface area contributed by atoms with Crippen molar-refractivity contribution in [2.45, 2.75) is 39.4 Å². The predicted octanol–water partition coefficient (Wildman–Crippen LogP) is 3.19. The Morgan fingerprint density at radius 3 is 2.65 bits per heavy atom. The molecule has 2 heterocycles. The van der Waals surface area contributed by atoms with E-state index in [0.29, 0.717) is 11.7 Å². The van der Waals surface area contributed by atoms with Gasteiger partial charge in [-0.25, -0.2) is 9.97 Å². The first-order valence-electron chi connectivity index (χ1n) is 8.01. The molecule has 1 aliphatic rings. The fourth-order valence-electron chi connectivity index (χ4n) is 2.97. The molecule has 0 spiro atoms. The second kappa shape index (κ2) is 6.36. The zero-order valence-corrected chi connectivity index (χ0v) is 13.7. The van der Waals surface area contributed by atoms with Gasteiger partial charge in [-0.05, 0) is 24.8 Å². The number of benzene rings is 1. The fourth-order valence-corrected chi connectivity index (χ4v) is 2.97. The third-order valence-corrected chi connectivity index (χ3v) is 4.08. The molecule has 0 saturated carbocycles. The summed E-state index contributed by atoms with van der Waals surface area (Å²) in [5.41, 5.74) is 2.10. The van der Waals surface area contributed by atoms with Gasteiger partial charge in [-0.2, -0.15) is 0 Å². The number of aldehydes is 1. The van der Waals surface area contributed by atoms with E-state index in [2.05, 4.69) is 43.2 Å². The minimum absolute atomic E-state index is 0.0312. The van der Waals surface area contributed by atoms with Crippen molar-refractivity contribution in [2.75, 3.05) is 10.2 Å². The van der Waals surface area contributed by atoms with Crippen molar-refractivity contribution in [3.63, 3.8) is 0 Å². The van der Waals surface area contributed by atoms with Crippen molar-refractivity contribution in [2.24, 2.45) is 5.92 Å². The third kappa shape index (κ3) is 3.04. The second-order valence-electron chi connectivity index (χ2n) is 6.35. The molecule has 1 unspecified atom stereocenters. The number of hydrogen-bond acceptors (Lipinski definition) is 5. The number of nitrogens with zero attached hydrogens (tertiary/aromatic N) is 3. The average molecular weight is 310 g/mol. The van der Waals surface area contributed by atoms with Crippen LogP contribution in [-0.4, -0.2) is 22.4 Å². The van der Waals surface area contributed by atoms with E-state index in [4.69, 9.17) is 4.98 Å². The number of rotatable bonds is 5. The molecule has 5 nitrogen and oxygen atoms in total. The molecule has 2 atom stereocenters. The summed E-state index contributed by atoms with van der Waals surface area (Å²) in [5.74, 6) is 1.95. The number of hydrogen-bond donors (Lipinski definition) is 1. The molecule has 0 fully saturated rings. The van der Waals surface area contributed by atoms with E-state index in [0.717, 1.165) is 29.8 Å². The maximum Gasteiger partial charge on any atom is 0.174 e. The molecule has 0 bridgehead atoms. The number of carbonyl (C=O) groups is 1. The summed E-state index contributed by atoms with van der Waals surface area (Å²) in [6.07, 6.45) is 3.14. The van der Waals surface area contributed by atoms with Gasteiger partial charge in [0.15, 0.2) is 24.1 Å². The molecule has 23 heavy (non-hydrogen) atoms. The highest BCUT2D eigenvalue weighted by atomic mass is 16.1. The van der Waals surface area contributed by atoms with E-state index < -0.39 is 6.17 Å². The lowest BCUT2D eigenvalue weighted by Gasteiger charge is -2.29. The molecule has 1 N–H and O–H groups in total.